The van der Waals surface area contributed by atoms with Gasteiger partial charge in [0.1, 0.15) is 0 Å². The highest BCUT2D eigenvalue weighted by atomic mass is 79.9. The lowest BCUT2D eigenvalue weighted by molar-refractivity contribution is 0.277. The third-order valence-corrected chi connectivity index (χ3v) is 5.57. The maximum atomic E-state index is 5.77. The molecule has 1 aromatic rings. The van der Waals surface area contributed by atoms with Crippen molar-refractivity contribution < 1.29 is 0 Å². The first-order chi connectivity index (χ1) is 9.24. The third-order valence-electron chi connectivity index (χ3n) is 5.08. The summed E-state index contributed by atoms with van der Waals surface area (Å²) < 4.78 is 1.15. The number of hydrogen-bond acceptors (Lipinski definition) is 2. The lowest BCUT2D eigenvalue weighted by Crippen LogP contribution is -2.39. The molecular weight excluding hydrogens is 300 g/mol. The van der Waals surface area contributed by atoms with E-state index in [1.807, 2.05) is 0 Å². The number of nitrogens with two attached hydrogens (primary N) is 1. The summed E-state index contributed by atoms with van der Waals surface area (Å²) in [7, 11) is 0. The Morgan fingerprint density at radius 2 is 2.21 bits per heavy atom. The minimum atomic E-state index is 0.415. The Balaban J connectivity index is 1.59. The Bertz CT molecular complexity index is 435. The van der Waals surface area contributed by atoms with E-state index < -0.39 is 0 Å². The molecular formula is C16H23BrN2. The van der Waals surface area contributed by atoms with Crippen LogP contribution in [0.25, 0.3) is 0 Å². The molecule has 1 aromatic carbocycles. The number of halogens is 1. The molecule has 0 heterocycles. The highest BCUT2D eigenvalue weighted by molar-refractivity contribution is 9.10. The van der Waals surface area contributed by atoms with Gasteiger partial charge in [0, 0.05) is 10.5 Å². The molecule has 104 valence electrons. The van der Waals surface area contributed by atoms with Crippen LogP contribution >= 0.6 is 15.9 Å². The van der Waals surface area contributed by atoms with Gasteiger partial charge in [0.25, 0.3) is 0 Å². The van der Waals surface area contributed by atoms with E-state index in [1.165, 1.54) is 37.7 Å². The molecule has 4 unspecified atom stereocenters. The quantitative estimate of drug-likeness (QED) is 0.641. The van der Waals surface area contributed by atoms with E-state index in [9.17, 15) is 0 Å². The van der Waals surface area contributed by atoms with E-state index in [1.54, 1.807) is 0 Å². The van der Waals surface area contributed by atoms with Gasteiger partial charge in [-0.25, -0.2) is 0 Å². The standard InChI is InChI=1S/C16H23BrN2/c17-15-3-1-2-11(8-15)9-16(19-18)10-14-7-12-4-5-13(14)6-12/h1-3,8,12-14,16,19H,4-7,9-10,18H2. The lowest BCUT2D eigenvalue weighted by atomic mass is 9.83. The number of benzene rings is 1. The molecule has 2 aliphatic carbocycles. The van der Waals surface area contributed by atoms with E-state index in [2.05, 4.69) is 45.6 Å². The molecule has 0 saturated heterocycles. The average molecular weight is 323 g/mol. The molecule has 4 atom stereocenters. The van der Waals surface area contributed by atoms with Gasteiger partial charge in [-0.3, -0.25) is 11.3 Å². The first-order valence-corrected chi connectivity index (χ1v) is 8.24. The fourth-order valence-corrected chi connectivity index (χ4v) is 4.64. The smallest absolute Gasteiger partial charge is 0.0253 e. The predicted molar refractivity (Wildman–Crippen MR) is 82.5 cm³/mol. The summed E-state index contributed by atoms with van der Waals surface area (Å²) in [5.41, 5.74) is 4.40. The molecule has 2 fully saturated rings. The van der Waals surface area contributed by atoms with Crippen LogP contribution in [0.4, 0.5) is 0 Å². The molecule has 2 bridgehead atoms. The van der Waals surface area contributed by atoms with Crippen LogP contribution in [0.2, 0.25) is 0 Å². The number of nitrogens with one attached hydrogen (secondary N) is 1. The highest BCUT2D eigenvalue weighted by Crippen LogP contribution is 2.49. The fourth-order valence-electron chi connectivity index (χ4n) is 4.19. The second-order valence-corrected chi connectivity index (χ2v) is 7.28. The van der Waals surface area contributed by atoms with Gasteiger partial charge in [0.15, 0.2) is 0 Å². The zero-order valence-electron chi connectivity index (χ0n) is 11.3. The average Bonchev–Trinajstić information content (AvgIpc) is 3.00. The van der Waals surface area contributed by atoms with Crippen LogP contribution in [0.3, 0.4) is 0 Å². The van der Waals surface area contributed by atoms with Crippen LogP contribution in [-0.4, -0.2) is 6.04 Å². The summed E-state index contributed by atoms with van der Waals surface area (Å²) >= 11 is 3.54. The minimum absolute atomic E-state index is 0.415. The third kappa shape index (κ3) is 3.21. The minimum Gasteiger partial charge on any atom is -0.271 e. The Labute approximate surface area is 124 Å². The second kappa shape index (κ2) is 5.94. The zero-order chi connectivity index (χ0) is 13.2. The van der Waals surface area contributed by atoms with Crippen LogP contribution in [0.1, 0.15) is 37.7 Å². The Kier molecular flexibility index (Phi) is 4.25. The van der Waals surface area contributed by atoms with Crippen molar-refractivity contribution in [1.29, 1.82) is 0 Å². The van der Waals surface area contributed by atoms with Crippen LogP contribution in [0.15, 0.2) is 28.7 Å². The fraction of sp³-hybridized carbons (Fsp3) is 0.625. The number of hydrazine groups is 1. The van der Waals surface area contributed by atoms with Crippen molar-refractivity contribution in [3.05, 3.63) is 34.3 Å². The molecule has 2 saturated carbocycles. The molecule has 3 N–H and O–H groups in total. The van der Waals surface area contributed by atoms with Crippen LogP contribution in [0, 0.1) is 17.8 Å². The topological polar surface area (TPSA) is 38.0 Å². The Morgan fingerprint density at radius 1 is 1.32 bits per heavy atom. The summed E-state index contributed by atoms with van der Waals surface area (Å²) in [5, 5.41) is 0. The normalized spacial score (nSPS) is 30.7. The van der Waals surface area contributed by atoms with Crippen molar-refractivity contribution in [2.24, 2.45) is 23.6 Å². The van der Waals surface area contributed by atoms with Gasteiger partial charge in [-0.15, -0.1) is 0 Å². The highest BCUT2D eigenvalue weighted by Gasteiger charge is 2.39. The van der Waals surface area contributed by atoms with Gasteiger partial charge in [-0.1, -0.05) is 34.5 Å². The van der Waals surface area contributed by atoms with Crippen LogP contribution in [0.5, 0.6) is 0 Å². The van der Waals surface area contributed by atoms with Crippen molar-refractivity contribution in [2.45, 2.75) is 44.6 Å². The van der Waals surface area contributed by atoms with Gasteiger partial charge in [0.2, 0.25) is 0 Å². The molecule has 0 radical (unpaired) electrons. The van der Waals surface area contributed by atoms with Crippen LogP contribution < -0.4 is 11.3 Å². The zero-order valence-corrected chi connectivity index (χ0v) is 12.9. The SMILES string of the molecule is NNC(Cc1cccc(Br)c1)CC1CC2CCC1C2. The molecule has 3 rings (SSSR count). The van der Waals surface area contributed by atoms with Crippen molar-refractivity contribution in [3.8, 4) is 0 Å². The van der Waals surface area contributed by atoms with E-state index in [-0.39, 0.29) is 0 Å². The van der Waals surface area contributed by atoms with Crippen molar-refractivity contribution in [2.75, 3.05) is 0 Å². The summed E-state index contributed by atoms with van der Waals surface area (Å²) in [5.74, 6) is 8.70. The number of hydrogen-bond donors (Lipinski definition) is 2. The molecule has 0 spiro atoms. The molecule has 2 nitrogen and oxygen atoms in total. The van der Waals surface area contributed by atoms with Crippen molar-refractivity contribution in [1.82, 2.24) is 5.43 Å². The molecule has 0 aromatic heterocycles. The van der Waals surface area contributed by atoms with E-state index in [0.29, 0.717) is 6.04 Å². The molecule has 2 aliphatic rings. The maximum absolute atomic E-state index is 5.77. The van der Waals surface area contributed by atoms with Crippen molar-refractivity contribution >= 4 is 15.9 Å². The predicted octanol–water partition coefficient (Wildman–Crippen LogP) is 3.65. The molecule has 3 heteroatoms. The van der Waals surface area contributed by atoms with E-state index in [0.717, 1.165) is 28.6 Å². The molecule has 19 heavy (non-hydrogen) atoms. The van der Waals surface area contributed by atoms with Gasteiger partial charge < -0.3 is 0 Å². The number of rotatable bonds is 5. The summed E-state index contributed by atoms with van der Waals surface area (Å²) in [6, 6.07) is 8.98. The van der Waals surface area contributed by atoms with Crippen LogP contribution in [-0.2, 0) is 6.42 Å². The molecule has 0 amide bonds. The van der Waals surface area contributed by atoms with Gasteiger partial charge in [0.05, 0.1) is 0 Å². The summed E-state index contributed by atoms with van der Waals surface area (Å²) in [6.45, 7) is 0. The van der Waals surface area contributed by atoms with E-state index in [4.69, 9.17) is 5.84 Å². The van der Waals surface area contributed by atoms with Gasteiger partial charge >= 0.3 is 0 Å². The van der Waals surface area contributed by atoms with Gasteiger partial charge in [-0.2, -0.15) is 0 Å². The monoisotopic (exact) mass is 322 g/mol. The van der Waals surface area contributed by atoms with Crippen molar-refractivity contribution in [3.63, 3.8) is 0 Å². The first kappa shape index (κ1) is 13.6. The summed E-state index contributed by atoms with van der Waals surface area (Å²) in [4.78, 5) is 0. The summed E-state index contributed by atoms with van der Waals surface area (Å²) in [6.07, 6.45) is 8.14. The maximum Gasteiger partial charge on any atom is 0.0253 e. The Hall–Kier alpha value is -0.380. The van der Waals surface area contributed by atoms with E-state index >= 15 is 0 Å². The van der Waals surface area contributed by atoms with Gasteiger partial charge in [-0.05, 0) is 67.6 Å². The molecule has 0 aliphatic heterocycles. The largest absolute Gasteiger partial charge is 0.271 e. The first-order valence-electron chi connectivity index (χ1n) is 7.45. The second-order valence-electron chi connectivity index (χ2n) is 6.37. The number of fused-ring (bicyclic) bond motifs is 2. The Morgan fingerprint density at radius 3 is 2.84 bits per heavy atom. The lowest BCUT2D eigenvalue weighted by Gasteiger charge is -2.26.